The van der Waals surface area contributed by atoms with Crippen LogP contribution in [-0.4, -0.2) is 23.7 Å². The predicted molar refractivity (Wildman–Crippen MR) is 79.3 cm³/mol. The van der Waals surface area contributed by atoms with Crippen LogP contribution in [0.15, 0.2) is 18.2 Å². The molecule has 0 aliphatic heterocycles. The van der Waals surface area contributed by atoms with Gasteiger partial charge in [0, 0.05) is 13.0 Å². The maximum Gasteiger partial charge on any atom is 0.319 e. The smallest absolute Gasteiger partial charge is 0.319 e. The Kier molecular flexibility index (Phi) is 6.87. The molecule has 0 bridgehead atoms. The molecule has 0 fully saturated rings. The molecule has 0 aliphatic rings. The van der Waals surface area contributed by atoms with E-state index in [1.165, 1.54) is 0 Å². The first-order chi connectivity index (χ1) is 9.49. The van der Waals surface area contributed by atoms with Crippen LogP contribution in [0, 0.1) is 6.92 Å². The number of urea groups is 1. The number of carboxylic acids is 1. The number of carboxylic acid groups (broad SMARTS) is 1. The van der Waals surface area contributed by atoms with Crippen LogP contribution in [-0.2, 0) is 4.79 Å². The quantitative estimate of drug-likeness (QED) is 0.675. The predicted octanol–water partition coefficient (Wildman–Crippen LogP) is 3.41. The van der Waals surface area contributed by atoms with Crippen molar-refractivity contribution in [3.05, 3.63) is 28.8 Å². The highest BCUT2D eigenvalue weighted by atomic mass is 35.5. The van der Waals surface area contributed by atoms with Gasteiger partial charge in [-0.2, -0.15) is 0 Å². The summed E-state index contributed by atoms with van der Waals surface area (Å²) in [5, 5.41) is 14.4. The van der Waals surface area contributed by atoms with Gasteiger partial charge in [-0.15, -0.1) is 0 Å². The lowest BCUT2D eigenvalue weighted by molar-refractivity contribution is -0.137. The van der Waals surface area contributed by atoms with Gasteiger partial charge in [0.1, 0.15) is 0 Å². The zero-order valence-corrected chi connectivity index (χ0v) is 12.2. The molecular weight excluding hydrogens is 280 g/mol. The fraction of sp³-hybridized carbons (Fsp3) is 0.429. The Morgan fingerprint density at radius 2 is 2.00 bits per heavy atom. The Labute approximate surface area is 123 Å². The lowest BCUT2D eigenvalue weighted by Gasteiger charge is -2.09. The molecule has 0 aliphatic carbocycles. The number of benzene rings is 1. The molecule has 0 atom stereocenters. The monoisotopic (exact) mass is 298 g/mol. The fourth-order valence-corrected chi connectivity index (χ4v) is 1.85. The van der Waals surface area contributed by atoms with Gasteiger partial charge in [0.25, 0.3) is 0 Å². The van der Waals surface area contributed by atoms with E-state index in [4.69, 9.17) is 16.7 Å². The van der Waals surface area contributed by atoms with Crippen molar-refractivity contribution in [2.24, 2.45) is 0 Å². The van der Waals surface area contributed by atoms with E-state index in [9.17, 15) is 9.59 Å². The van der Waals surface area contributed by atoms with Crippen LogP contribution in [0.1, 0.15) is 31.2 Å². The lowest BCUT2D eigenvalue weighted by Crippen LogP contribution is -2.29. The van der Waals surface area contributed by atoms with Crippen molar-refractivity contribution >= 4 is 29.3 Å². The van der Waals surface area contributed by atoms with Gasteiger partial charge in [0.2, 0.25) is 0 Å². The zero-order valence-electron chi connectivity index (χ0n) is 11.4. The van der Waals surface area contributed by atoms with E-state index in [0.717, 1.165) is 18.4 Å². The van der Waals surface area contributed by atoms with Crippen molar-refractivity contribution in [2.45, 2.75) is 32.6 Å². The molecular formula is C14H19ClN2O3. The molecule has 0 radical (unpaired) electrons. The summed E-state index contributed by atoms with van der Waals surface area (Å²) in [6.07, 6.45) is 2.33. The van der Waals surface area contributed by atoms with Crippen molar-refractivity contribution in [3.8, 4) is 0 Å². The van der Waals surface area contributed by atoms with Gasteiger partial charge in [-0.25, -0.2) is 4.79 Å². The molecule has 0 aromatic heterocycles. The molecule has 6 heteroatoms. The third-order valence-electron chi connectivity index (χ3n) is 2.72. The van der Waals surface area contributed by atoms with Crippen LogP contribution in [0.25, 0.3) is 0 Å². The lowest BCUT2D eigenvalue weighted by atomic mass is 10.2. The molecule has 1 aromatic carbocycles. The Morgan fingerprint density at radius 3 is 2.70 bits per heavy atom. The highest BCUT2D eigenvalue weighted by Gasteiger charge is 2.05. The largest absolute Gasteiger partial charge is 0.481 e. The van der Waals surface area contributed by atoms with Crippen LogP contribution < -0.4 is 10.6 Å². The van der Waals surface area contributed by atoms with Crippen molar-refractivity contribution in [3.63, 3.8) is 0 Å². The third kappa shape index (κ3) is 6.43. The molecule has 110 valence electrons. The number of aliphatic carboxylic acids is 1. The zero-order chi connectivity index (χ0) is 15.0. The van der Waals surface area contributed by atoms with E-state index in [2.05, 4.69) is 10.6 Å². The van der Waals surface area contributed by atoms with Gasteiger partial charge >= 0.3 is 12.0 Å². The van der Waals surface area contributed by atoms with Crippen LogP contribution in [0.5, 0.6) is 0 Å². The SMILES string of the molecule is Cc1ccc(Cl)c(NC(=O)NCCCCCC(=O)O)c1. The summed E-state index contributed by atoms with van der Waals surface area (Å²) < 4.78 is 0. The van der Waals surface area contributed by atoms with E-state index in [1.54, 1.807) is 12.1 Å². The molecule has 1 rings (SSSR count). The molecule has 0 spiro atoms. The number of carbonyl (C=O) groups excluding carboxylic acids is 1. The van der Waals surface area contributed by atoms with Gasteiger partial charge in [-0.1, -0.05) is 24.1 Å². The number of amides is 2. The average molecular weight is 299 g/mol. The highest BCUT2D eigenvalue weighted by molar-refractivity contribution is 6.33. The number of anilines is 1. The van der Waals surface area contributed by atoms with E-state index in [0.29, 0.717) is 23.7 Å². The molecule has 20 heavy (non-hydrogen) atoms. The summed E-state index contributed by atoms with van der Waals surface area (Å²) in [7, 11) is 0. The summed E-state index contributed by atoms with van der Waals surface area (Å²) in [5.74, 6) is -0.787. The first-order valence-corrected chi connectivity index (χ1v) is 6.89. The Bertz CT molecular complexity index is 477. The van der Waals surface area contributed by atoms with Crippen LogP contribution >= 0.6 is 11.6 Å². The van der Waals surface area contributed by atoms with Gasteiger partial charge in [-0.05, 0) is 37.5 Å². The van der Waals surface area contributed by atoms with Gasteiger partial charge in [0.15, 0.2) is 0 Å². The highest BCUT2D eigenvalue weighted by Crippen LogP contribution is 2.22. The molecule has 1 aromatic rings. The molecule has 0 saturated heterocycles. The normalized spacial score (nSPS) is 10.1. The number of aryl methyl sites for hydroxylation is 1. The van der Waals surface area contributed by atoms with Gasteiger partial charge in [0.05, 0.1) is 10.7 Å². The van der Waals surface area contributed by atoms with Gasteiger partial charge < -0.3 is 15.7 Å². The number of halogens is 1. The topological polar surface area (TPSA) is 78.4 Å². The van der Waals surface area contributed by atoms with E-state index in [1.807, 2.05) is 13.0 Å². The number of hydrogen-bond acceptors (Lipinski definition) is 2. The fourth-order valence-electron chi connectivity index (χ4n) is 1.68. The van der Waals surface area contributed by atoms with Crippen LogP contribution in [0.2, 0.25) is 5.02 Å². The Balaban J connectivity index is 2.23. The number of rotatable bonds is 7. The van der Waals surface area contributed by atoms with Crippen molar-refractivity contribution in [1.29, 1.82) is 0 Å². The van der Waals surface area contributed by atoms with E-state index in [-0.39, 0.29) is 12.5 Å². The second kappa shape index (κ2) is 8.43. The van der Waals surface area contributed by atoms with Gasteiger partial charge in [-0.3, -0.25) is 4.79 Å². The first kappa shape index (κ1) is 16.3. The van der Waals surface area contributed by atoms with Crippen LogP contribution in [0.4, 0.5) is 10.5 Å². The summed E-state index contributed by atoms with van der Waals surface area (Å²) in [5.41, 5.74) is 1.59. The second-order valence-corrected chi connectivity index (χ2v) is 4.98. The Hall–Kier alpha value is -1.75. The molecule has 3 N–H and O–H groups in total. The standard InChI is InChI=1S/C14H19ClN2O3/c1-10-6-7-11(15)12(9-10)17-14(20)16-8-4-2-3-5-13(18)19/h6-7,9H,2-5,8H2,1H3,(H,18,19)(H2,16,17,20). The summed E-state index contributed by atoms with van der Waals surface area (Å²) in [6.45, 7) is 2.43. The third-order valence-corrected chi connectivity index (χ3v) is 3.05. The molecule has 0 saturated carbocycles. The minimum Gasteiger partial charge on any atom is -0.481 e. The number of nitrogens with one attached hydrogen (secondary N) is 2. The maximum atomic E-state index is 11.6. The molecule has 5 nitrogen and oxygen atoms in total. The molecule has 0 unspecified atom stereocenters. The second-order valence-electron chi connectivity index (χ2n) is 4.57. The maximum absolute atomic E-state index is 11.6. The minimum atomic E-state index is -0.787. The summed E-state index contributed by atoms with van der Waals surface area (Å²) in [6, 6.07) is 5.09. The molecule has 2 amide bonds. The van der Waals surface area contributed by atoms with Crippen molar-refractivity contribution in [2.75, 3.05) is 11.9 Å². The first-order valence-electron chi connectivity index (χ1n) is 6.52. The summed E-state index contributed by atoms with van der Waals surface area (Å²) >= 11 is 5.97. The number of carbonyl (C=O) groups is 2. The van der Waals surface area contributed by atoms with Crippen molar-refractivity contribution < 1.29 is 14.7 Å². The Morgan fingerprint density at radius 1 is 1.25 bits per heavy atom. The van der Waals surface area contributed by atoms with E-state index < -0.39 is 5.97 Å². The average Bonchev–Trinajstić information content (AvgIpc) is 2.37. The van der Waals surface area contributed by atoms with E-state index >= 15 is 0 Å². The number of hydrogen-bond donors (Lipinski definition) is 3. The molecule has 0 heterocycles. The number of unbranched alkanes of at least 4 members (excludes halogenated alkanes) is 2. The van der Waals surface area contributed by atoms with Crippen molar-refractivity contribution in [1.82, 2.24) is 5.32 Å². The minimum absolute atomic E-state index is 0.172. The van der Waals surface area contributed by atoms with Crippen LogP contribution in [0.3, 0.4) is 0 Å². The summed E-state index contributed by atoms with van der Waals surface area (Å²) in [4.78, 5) is 22.0.